The molecule has 1 aromatic rings. The van der Waals surface area contributed by atoms with Crippen LogP contribution >= 0.6 is 11.3 Å². The number of nitrogens with zero attached hydrogens (tertiary/aromatic N) is 2. The average molecular weight is 336 g/mol. The predicted molar refractivity (Wildman–Crippen MR) is 90.3 cm³/mol. The maximum Gasteiger partial charge on any atom is 0.315 e. The van der Waals surface area contributed by atoms with Crippen molar-refractivity contribution in [2.24, 2.45) is 5.92 Å². The van der Waals surface area contributed by atoms with Gasteiger partial charge < -0.3 is 10.2 Å². The van der Waals surface area contributed by atoms with Crippen molar-refractivity contribution < 1.29 is 9.59 Å². The fraction of sp³-hybridized carbons (Fsp3) is 0.688. The minimum absolute atomic E-state index is 0.111. The molecular weight excluding hydrogens is 312 g/mol. The van der Waals surface area contributed by atoms with Crippen LogP contribution in [-0.4, -0.2) is 41.3 Å². The Hall–Kier alpha value is -1.47. The second-order valence-electron chi connectivity index (χ2n) is 6.67. The summed E-state index contributed by atoms with van der Waals surface area (Å²) in [5, 5.41) is 6.06. The first-order valence-corrected chi connectivity index (χ1v) is 9.13. The van der Waals surface area contributed by atoms with Crippen molar-refractivity contribution in [1.29, 1.82) is 0 Å². The summed E-state index contributed by atoms with van der Waals surface area (Å²) in [5.41, 5.74) is 1.05. The first kappa shape index (κ1) is 16.4. The molecule has 2 amide bonds. The van der Waals surface area contributed by atoms with Crippen molar-refractivity contribution in [1.82, 2.24) is 15.2 Å². The van der Waals surface area contributed by atoms with Crippen LogP contribution in [0.1, 0.15) is 43.2 Å². The number of anilines is 1. The van der Waals surface area contributed by atoms with Crippen molar-refractivity contribution in [2.75, 3.05) is 18.9 Å². The van der Waals surface area contributed by atoms with Crippen LogP contribution in [0.15, 0.2) is 0 Å². The highest BCUT2D eigenvalue weighted by Gasteiger charge is 2.26. The van der Waals surface area contributed by atoms with E-state index in [9.17, 15) is 9.59 Å². The number of likely N-dealkylation sites (N-methyl/N-ethyl adjacent to an activating group) is 1. The lowest BCUT2D eigenvalue weighted by Gasteiger charge is -2.29. The van der Waals surface area contributed by atoms with E-state index < -0.39 is 11.8 Å². The van der Waals surface area contributed by atoms with Gasteiger partial charge in [-0.05, 0) is 25.8 Å². The molecule has 2 atom stereocenters. The van der Waals surface area contributed by atoms with Crippen LogP contribution in [0, 0.1) is 5.92 Å². The molecule has 1 aliphatic heterocycles. The van der Waals surface area contributed by atoms with Gasteiger partial charge in [-0.1, -0.05) is 19.8 Å². The van der Waals surface area contributed by atoms with E-state index in [4.69, 9.17) is 0 Å². The second-order valence-corrected chi connectivity index (χ2v) is 7.76. The minimum atomic E-state index is -0.609. The van der Waals surface area contributed by atoms with Crippen LogP contribution in [0.3, 0.4) is 0 Å². The van der Waals surface area contributed by atoms with Crippen molar-refractivity contribution in [3.63, 3.8) is 0 Å². The molecule has 23 heavy (non-hydrogen) atoms. The van der Waals surface area contributed by atoms with Crippen molar-refractivity contribution >= 4 is 28.3 Å². The number of hydrogen-bond donors (Lipinski definition) is 2. The minimum Gasteiger partial charge on any atom is -0.345 e. The highest BCUT2D eigenvalue weighted by atomic mass is 32.1. The predicted octanol–water partition coefficient (Wildman–Crippen LogP) is 1.76. The molecule has 2 aliphatic rings. The van der Waals surface area contributed by atoms with Crippen LogP contribution < -0.4 is 10.6 Å². The molecule has 0 radical (unpaired) electrons. The lowest BCUT2D eigenvalue weighted by molar-refractivity contribution is -0.137. The fourth-order valence-electron chi connectivity index (χ4n) is 3.30. The van der Waals surface area contributed by atoms with Gasteiger partial charge in [0.15, 0.2) is 5.13 Å². The van der Waals surface area contributed by atoms with Gasteiger partial charge >= 0.3 is 11.8 Å². The third-order valence-corrected chi connectivity index (χ3v) is 5.77. The molecule has 0 bridgehead atoms. The molecule has 6 nitrogen and oxygen atoms in total. The SMILES string of the molecule is CC1CCCCC1NC(=O)C(=O)Nc1nc2c(s1)CN(C)CC2. The first-order chi connectivity index (χ1) is 11.0. The number of aromatic nitrogens is 1. The Balaban J connectivity index is 1.57. The molecule has 2 heterocycles. The maximum absolute atomic E-state index is 12.1. The van der Waals surface area contributed by atoms with Crippen LogP contribution in [-0.2, 0) is 22.6 Å². The zero-order valence-corrected chi connectivity index (χ0v) is 14.5. The number of carbonyl (C=O) groups is 2. The molecule has 0 aromatic carbocycles. The summed E-state index contributed by atoms with van der Waals surface area (Å²) < 4.78 is 0. The molecule has 1 aromatic heterocycles. The first-order valence-electron chi connectivity index (χ1n) is 8.32. The Bertz CT molecular complexity index is 601. The molecule has 1 saturated carbocycles. The normalized spacial score (nSPS) is 24.8. The number of thiazole rings is 1. The van der Waals surface area contributed by atoms with Crippen molar-refractivity contribution in [3.8, 4) is 0 Å². The van der Waals surface area contributed by atoms with Gasteiger partial charge in [-0.3, -0.25) is 14.9 Å². The summed E-state index contributed by atoms with van der Waals surface area (Å²) in [7, 11) is 2.07. The summed E-state index contributed by atoms with van der Waals surface area (Å²) in [6, 6.07) is 0.111. The number of rotatable bonds is 2. The standard InChI is InChI=1S/C16H24N4O2S/c1-10-5-3-4-6-11(10)17-14(21)15(22)19-16-18-12-7-8-20(2)9-13(12)23-16/h10-11H,3-9H2,1-2H3,(H,17,21)(H,18,19,22). The molecule has 0 spiro atoms. The van der Waals surface area contributed by atoms with E-state index in [2.05, 4.69) is 34.5 Å². The highest BCUT2D eigenvalue weighted by Crippen LogP contribution is 2.28. The van der Waals surface area contributed by atoms with Gasteiger partial charge in [0.2, 0.25) is 0 Å². The quantitative estimate of drug-likeness (QED) is 0.807. The van der Waals surface area contributed by atoms with E-state index in [1.54, 1.807) is 0 Å². The highest BCUT2D eigenvalue weighted by molar-refractivity contribution is 7.16. The van der Waals surface area contributed by atoms with Gasteiger partial charge in [-0.15, -0.1) is 11.3 Å². The van der Waals surface area contributed by atoms with Crippen molar-refractivity contribution in [3.05, 3.63) is 10.6 Å². The lowest BCUT2D eigenvalue weighted by Crippen LogP contribution is -2.45. The number of amides is 2. The molecule has 7 heteroatoms. The van der Waals surface area contributed by atoms with Crippen molar-refractivity contribution in [2.45, 2.75) is 51.6 Å². The van der Waals surface area contributed by atoms with Gasteiger partial charge in [0.1, 0.15) is 0 Å². The molecular formula is C16H24N4O2S. The fourth-order valence-corrected chi connectivity index (χ4v) is 4.38. The Kier molecular flexibility index (Phi) is 4.96. The Morgan fingerprint density at radius 1 is 1.26 bits per heavy atom. The number of nitrogens with one attached hydrogen (secondary N) is 2. The Morgan fingerprint density at radius 2 is 2.04 bits per heavy atom. The molecule has 126 valence electrons. The molecule has 2 N–H and O–H groups in total. The summed E-state index contributed by atoms with van der Waals surface area (Å²) in [6.45, 7) is 3.96. The lowest BCUT2D eigenvalue weighted by atomic mass is 9.86. The second kappa shape index (κ2) is 6.97. The van der Waals surface area contributed by atoms with Crippen LogP contribution in [0.5, 0.6) is 0 Å². The van der Waals surface area contributed by atoms with Crippen LogP contribution in [0.4, 0.5) is 5.13 Å². The monoisotopic (exact) mass is 336 g/mol. The van der Waals surface area contributed by atoms with Gasteiger partial charge in [0.25, 0.3) is 0 Å². The summed E-state index contributed by atoms with van der Waals surface area (Å²) >= 11 is 1.47. The van der Waals surface area contributed by atoms with E-state index in [1.807, 2.05) is 0 Å². The average Bonchev–Trinajstić information content (AvgIpc) is 2.90. The number of fused-ring (bicyclic) bond motifs is 1. The number of carbonyl (C=O) groups excluding carboxylic acids is 2. The summed E-state index contributed by atoms with van der Waals surface area (Å²) in [5.74, 6) is -0.723. The smallest absolute Gasteiger partial charge is 0.315 e. The zero-order chi connectivity index (χ0) is 16.4. The van der Waals surface area contributed by atoms with E-state index in [0.29, 0.717) is 11.0 Å². The molecule has 1 aliphatic carbocycles. The third-order valence-electron chi connectivity index (χ3n) is 4.78. The molecule has 2 unspecified atom stereocenters. The largest absolute Gasteiger partial charge is 0.345 e. The zero-order valence-electron chi connectivity index (χ0n) is 13.7. The van der Waals surface area contributed by atoms with Gasteiger partial charge in [-0.2, -0.15) is 0 Å². The summed E-state index contributed by atoms with van der Waals surface area (Å²) in [4.78, 5) is 32.1. The van der Waals surface area contributed by atoms with Crippen LogP contribution in [0.25, 0.3) is 0 Å². The Morgan fingerprint density at radius 3 is 2.83 bits per heavy atom. The molecule has 0 saturated heterocycles. The molecule has 1 fully saturated rings. The molecule has 3 rings (SSSR count). The third kappa shape index (κ3) is 3.90. The Labute approximate surface area is 140 Å². The van der Waals surface area contributed by atoms with E-state index in [-0.39, 0.29) is 6.04 Å². The van der Waals surface area contributed by atoms with Gasteiger partial charge in [-0.25, -0.2) is 4.98 Å². The number of hydrogen-bond acceptors (Lipinski definition) is 5. The topological polar surface area (TPSA) is 74.3 Å². The van der Waals surface area contributed by atoms with Crippen LogP contribution in [0.2, 0.25) is 0 Å². The van der Waals surface area contributed by atoms with E-state index >= 15 is 0 Å². The van der Waals surface area contributed by atoms with E-state index in [1.165, 1.54) is 22.6 Å². The summed E-state index contributed by atoms with van der Waals surface area (Å²) in [6.07, 6.45) is 5.28. The van der Waals surface area contributed by atoms with Gasteiger partial charge in [0.05, 0.1) is 5.69 Å². The van der Waals surface area contributed by atoms with Gasteiger partial charge in [0, 0.05) is 30.4 Å². The maximum atomic E-state index is 12.1. The van der Waals surface area contributed by atoms with E-state index in [0.717, 1.165) is 44.5 Å².